The molecule has 0 aromatic heterocycles. The predicted molar refractivity (Wildman–Crippen MR) is 62.8 cm³/mol. The lowest BCUT2D eigenvalue weighted by atomic mass is 9.87. The molecule has 1 aromatic rings. The first-order chi connectivity index (χ1) is 7.90. The number of halogens is 2. The molecule has 1 unspecified atom stereocenters. The topological polar surface area (TPSA) is 43.1 Å². The van der Waals surface area contributed by atoms with Gasteiger partial charge in [-0.25, -0.2) is 8.78 Å². The van der Waals surface area contributed by atoms with Gasteiger partial charge in [0.05, 0.1) is 5.56 Å². The highest BCUT2D eigenvalue weighted by atomic mass is 19.1. The number of carbonyl (C=O) groups excluding carboxylic acids is 1. The van der Waals surface area contributed by atoms with E-state index in [2.05, 4.69) is 0 Å². The molecular formula is C13H17F2NO. The van der Waals surface area contributed by atoms with Crippen molar-refractivity contribution in [3.05, 3.63) is 34.9 Å². The van der Waals surface area contributed by atoms with Gasteiger partial charge in [-0.15, -0.1) is 0 Å². The predicted octanol–water partition coefficient (Wildman–Crippen LogP) is 2.69. The minimum Gasteiger partial charge on any atom is -0.330 e. The summed E-state index contributed by atoms with van der Waals surface area (Å²) in [6.45, 7) is 5.20. The van der Waals surface area contributed by atoms with Gasteiger partial charge in [0.1, 0.15) is 11.6 Å². The van der Waals surface area contributed by atoms with Gasteiger partial charge in [-0.05, 0) is 24.5 Å². The Labute approximate surface area is 99.8 Å². The molecule has 94 valence electrons. The summed E-state index contributed by atoms with van der Waals surface area (Å²) < 4.78 is 27.3. The summed E-state index contributed by atoms with van der Waals surface area (Å²) in [7, 11) is 0. The summed E-state index contributed by atoms with van der Waals surface area (Å²) >= 11 is 0. The van der Waals surface area contributed by atoms with E-state index in [1.807, 2.05) is 0 Å². The van der Waals surface area contributed by atoms with E-state index in [0.29, 0.717) is 0 Å². The molecule has 2 N–H and O–H groups in total. The third-order valence-electron chi connectivity index (χ3n) is 2.93. The summed E-state index contributed by atoms with van der Waals surface area (Å²) in [4.78, 5) is 12.1. The molecule has 1 atom stereocenters. The molecule has 1 rings (SSSR count). The zero-order valence-electron chi connectivity index (χ0n) is 10.3. The standard InChI is InChI=1S/C13H17F2NO/c1-7(2)9(6-16)13(17)11-10(14)5-4-8(3)12(11)15/h4-5,7,9H,6,16H2,1-3H3. The third kappa shape index (κ3) is 2.69. The Bertz CT molecular complexity index is 430. The van der Waals surface area contributed by atoms with Crippen LogP contribution in [0.3, 0.4) is 0 Å². The molecule has 0 saturated heterocycles. The second-order valence-corrected chi connectivity index (χ2v) is 4.50. The zero-order chi connectivity index (χ0) is 13.2. The summed E-state index contributed by atoms with van der Waals surface area (Å²) in [6.07, 6.45) is 0. The van der Waals surface area contributed by atoms with Gasteiger partial charge in [0.15, 0.2) is 5.78 Å². The highest BCUT2D eigenvalue weighted by molar-refractivity contribution is 5.98. The van der Waals surface area contributed by atoms with Crippen molar-refractivity contribution in [2.45, 2.75) is 20.8 Å². The molecule has 0 aliphatic rings. The van der Waals surface area contributed by atoms with E-state index in [9.17, 15) is 13.6 Å². The molecule has 0 amide bonds. The number of Topliss-reactive ketones (excluding diaryl/α,β-unsaturated/α-hetero) is 1. The Morgan fingerprint density at radius 3 is 2.41 bits per heavy atom. The molecule has 0 fully saturated rings. The van der Waals surface area contributed by atoms with Crippen molar-refractivity contribution in [3.8, 4) is 0 Å². The number of hydrogen-bond acceptors (Lipinski definition) is 2. The maximum absolute atomic E-state index is 13.8. The van der Waals surface area contributed by atoms with Crippen LogP contribution < -0.4 is 5.73 Å². The zero-order valence-corrected chi connectivity index (χ0v) is 10.3. The molecular weight excluding hydrogens is 224 g/mol. The Morgan fingerprint density at radius 1 is 1.35 bits per heavy atom. The van der Waals surface area contributed by atoms with Gasteiger partial charge in [0.2, 0.25) is 0 Å². The Hall–Kier alpha value is -1.29. The summed E-state index contributed by atoms with van der Waals surface area (Å²) in [5.41, 5.74) is 5.28. The normalized spacial score (nSPS) is 12.9. The summed E-state index contributed by atoms with van der Waals surface area (Å²) in [5.74, 6) is -2.76. The second-order valence-electron chi connectivity index (χ2n) is 4.50. The Balaban J connectivity index is 3.24. The monoisotopic (exact) mass is 241 g/mol. The van der Waals surface area contributed by atoms with Crippen molar-refractivity contribution < 1.29 is 13.6 Å². The van der Waals surface area contributed by atoms with Crippen LogP contribution in [0.1, 0.15) is 29.8 Å². The highest BCUT2D eigenvalue weighted by Gasteiger charge is 2.27. The Kier molecular flexibility index (Phi) is 4.34. The average molecular weight is 241 g/mol. The number of nitrogens with two attached hydrogens (primary N) is 1. The van der Waals surface area contributed by atoms with Gasteiger partial charge >= 0.3 is 0 Å². The molecule has 0 spiro atoms. The van der Waals surface area contributed by atoms with E-state index < -0.39 is 28.9 Å². The highest BCUT2D eigenvalue weighted by Crippen LogP contribution is 2.23. The fraction of sp³-hybridized carbons (Fsp3) is 0.462. The molecule has 0 heterocycles. The lowest BCUT2D eigenvalue weighted by Gasteiger charge is -2.18. The van der Waals surface area contributed by atoms with Crippen molar-refractivity contribution in [1.82, 2.24) is 0 Å². The maximum Gasteiger partial charge on any atom is 0.173 e. The fourth-order valence-electron chi connectivity index (χ4n) is 1.75. The molecule has 0 saturated carbocycles. The van der Waals surface area contributed by atoms with Crippen LogP contribution in [0.15, 0.2) is 12.1 Å². The van der Waals surface area contributed by atoms with E-state index in [1.165, 1.54) is 13.0 Å². The molecule has 0 radical (unpaired) electrons. The van der Waals surface area contributed by atoms with Crippen LogP contribution in [0.5, 0.6) is 0 Å². The van der Waals surface area contributed by atoms with Gasteiger partial charge in [0, 0.05) is 12.5 Å². The van der Waals surface area contributed by atoms with Crippen molar-refractivity contribution in [2.75, 3.05) is 6.54 Å². The third-order valence-corrected chi connectivity index (χ3v) is 2.93. The van der Waals surface area contributed by atoms with E-state index >= 15 is 0 Å². The van der Waals surface area contributed by atoms with Crippen molar-refractivity contribution in [1.29, 1.82) is 0 Å². The largest absolute Gasteiger partial charge is 0.330 e. The first-order valence-electron chi connectivity index (χ1n) is 5.59. The summed E-state index contributed by atoms with van der Waals surface area (Å²) in [6, 6.07) is 2.42. The van der Waals surface area contributed by atoms with Crippen LogP contribution in [0.25, 0.3) is 0 Å². The fourth-order valence-corrected chi connectivity index (χ4v) is 1.75. The minimum absolute atomic E-state index is 0.0492. The number of hydrogen-bond donors (Lipinski definition) is 1. The minimum atomic E-state index is -0.822. The molecule has 2 nitrogen and oxygen atoms in total. The molecule has 0 aliphatic heterocycles. The van der Waals surface area contributed by atoms with Gasteiger partial charge in [0.25, 0.3) is 0 Å². The molecule has 0 aliphatic carbocycles. The molecule has 1 aromatic carbocycles. The SMILES string of the molecule is Cc1ccc(F)c(C(=O)C(CN)C(C)C)c1F. The number of aryl methyl sites for hydroxylation is 1. The van der Waals surface area contributed by atoms with Crippen LogP contribution in [0, 0.1) is 30.4 Å². The number of benzene rings is 1. The number of carbonyl (C=O) groups is 1. The van der Waals surface area contributed by atoms with E-state index in [0.717, 1.165) is 6.07 Å². The number of ketones is 1. The first-order valence-corrected chi connectivity index (χ1v) is 5.59. The summed E-state index contributed by atoms with van der Waals surface area (Å²) in [5, 5.41) is 0. The van der Waals surface area contributed by atoms with Crippen molar-refractivity contribution in [3.63, 3.8) is 0 Å². The van der Waals surface area contributed by atoms with Crippen molar-refractivity contribution in [2.24, 2.45) is 17.6 Å². The lowest BCUT2D eigenvalue weighted by Crippen LogP contribution is -2.29. The second kappa shape index (κ2) is 5.36. The molecule has 0 bridgehead atoms. The first kappa shape index (κ1) is 13.8. The number of rotatable bonds is 4. The smallest absolute Gasteiger partial charge is 0.173 e. The van der Waals surface area contributed by atoms with E-state index in [1.54, 1.807) is 13.8 Å². The van der Waals surface area contributed by atoms with Crippen molar-refractivity contribution >= 4 is 5.78 Å². The Morgan fingerprint density at radius 2 is 1.94 bits per heavy atom. The van der Waals surface area contributed by atoms with Gasteiger partial charge in [-0.1, -0.05) is 19.9 Å². The van der Waals surface area contributed by atoms with Crippen LogP contribution in [0.4, 0.5) is 8.78 Å². The van der Waals surface area contributed by atoms with Gasteiger partial charge in [-0.2, -0.15) is 0 Å². The van der Waals surface area contributed by atoms with E-state index in [4.69, 9.17) is 5.73 Å². The van der Waals surface area contributed by atoms with Gasteiger partial charge in [-0.3, -0.25) is 4.79 Å². The van der Waals surface area contributed by atoms with Gasteiger partial charge < -0.3 is 5.73 Å². The lowest BCUT2D eigenvalue weighted by molar-refractivity contribution is 0.0883. The molecule has 17 heavy (non-hydrogen) atoms. The average Bonchev–Trinajstić information content (AvgIpc) is 2.24. The van der Waals surface area contributed by atoms with Crippen LogP contribution >= 0.6 is 0 Å². The maximum atomic E-state index is 13.8. The van der Waals surface area contributed by atoms with Crippen LogP contribution in [-0.2, 0) is 0 Å². The quantitative estimate of drug-likeness (QED) is 0.823. The molecule has 4 heteroatoms. The van der Waals surface area contributed by atoms with E-state index in [-0.39, 0.29) is 18.0 Å². The van der Waals surface area contributed by atoms with Crippen LogP contribution in [0.2, 0.25) is 0 Å². The van der Waals surface area contributed by atoms with Crippen LogP contribution in [-0.4, -0.2) is 12.3 Å².